The highest BCUT2D eigenvalue weighted by Gasteiger charge is 2.32. The van der Waals surface area contributed by atoms with Gasteiger partial charge in [-0.1, -0.05) is 59.3 Å². The van der Waals surface area contributed by atoms with E-state index < -0.39 is 11.9 Å². The van der Waals surface area contributed by atoms with Crippen LogP contribution in [0.25, 0.3) is 11.0 Å². The molecule has 1 aliphatic rings. The molecular weight excluding hydrogens is 497 g/mol. The number of carbonyl (C=O) groups excluding carboxylic acids is 2. The first kappa shape index (κ1) is 26.5. The minimum absolute atomic E-state index is 0.0548. The van der Waals surface area contributed by atoms with Gasteiger partial charge >= 0.3 is 0 Å². The second-order valence-corrected chi connectivity index (χ2v) is 9.90. The summed E-state index contributed by atoms with van der Waals surface area (Å²) in [5, 5.41) is 11.3. The standard InChI is InChI=1S/C30H32FN5O3/c1-21-6-4-7-22(18-21)15-16-35(28(37)20-36-27-10-3-2-9-26(27)33-34-36)29(23-11-13-24(31)14-12-23)30(38)32-19-25-8-5-17-39-25/h2-4,6-7,9-14,18,25,29H,5,8,15-17,19-20H2,1H3,(H,32,38)/t25-,29-/m1/s1. The molecule has 1 aliphatic heterocycles. The minimum atomic E-state index is -0.959. The topological polar surface area (TPSA) is 89.4 Å². The summed E-state index contributed by atoms with van der Waals surface area (Å²) in [7, 11) is 0. The largest absolute Gasteiger partial charge is 0.376 e. The number of carbonyl (C=O) groups is 2. The molecule has 2 heterocycles. The molecule has 2 atom stereocenters. The molecule has 0 aliphatic carbocycles. The number of nitrogens with zero attached hydrogens (tertiary/aromatic N) is 4. The fourth-order valence-corrected chi connectivity index (χ4v) is 5.00. The van der Waals surface area contributed by atoms with Gasteiger partial charge in [-0.2, -0.15) is 0 Å². The molecule has 9 heteroatoms. The number of ether oxygens (including phenoxy) is 1. The van der Waals surface area contributed by atoms with Gasteiger partial charge in [0.15, 0.2) is 0 Å². The number of para-hydroxylation sites is 1. The highest BCUT2D eigenvalue weighted by molar-refractivity contribution is 5.89. The maximum absolute atomic E-state index is 13.9. The van der Waals surface area contributed by atoms with Crippen LogP contribution in [0.5, 0.6) is 0 Å². The van der Waals surface area contributed by atoms with Gasteiger partial charge in [0.1, 0.15) is 23.9 Å². The van der Waals surface area contributed by atoms with Crippen LogP contribution in [0.1, 0.15) is 35.6 Å². The molecule has 0 unspecified atom stereocenters. The van der Waals surface area contributed by atoms with Crippen molar-refractivity contribution in [2.24, 2.45) is 0 Å². The van der Waals surface area contributed by atoms with E-state index in [9.17, 15) is 14.0 Å². The van der Waals surface area contributed by atoms with Gasteiger partial charge in [0.2, 0.25) is 11.8 Å². The Bertz CT molecular complexity index is 1430. The molecule has 0 spiro atoms. The molecule has 5 rings (SSSR count). The molecule has 0 radical (unpaired) electrons. The van der Waals surface area contributed by atoms with Crippen molar-refractivity contribution in [2.45, 2.75) is 44.9 Å². The Morgan fingerprint density at radius 2 is 1.95 bits per heavy atom. The maximum Gasteiger partial charge on any atom is 0.247 e. The van der Waals surface area contributed by atoms with Gasteiger partial charge in [-0.3, -0.25) is 9.59 Å². The third-order valence-corrected chi connectivity index (χ3v) is 7.02. The highest BCUT2D eigenvalue weighted by atomic mass is 19.1. The third kappa shape index (κ3) is 6.49. The van der Waals surface area contributed by atoms with Crippen LogP contribution in [0.15, 0.2) is 72.8 Å². The molecule has 8 nitrogen and oxygen atoms in total. The fraction of sp³-hybridized carbons (Fsp3) is 0.333. The zero-order chi connectivity index (χ0) is 27.2. The Morgan fingerprint density at radius 3 is 2.72 bits per heavy atom. The molecule has 1 fully saturated rings. The number of fused-ring (bicyclic) bond motifs is 1. The normalized spacial score (nSPS) is 15.8. The maximum atomic E-state index is 13.9. The van der Waals surface area contributed by atoms with Crippen LogP contribution in [0.3, 0.4) is 0 Å². The SMILES string of the molecule is Cc1cccc(CCN(C(=O)Cn2nnc3ccccc32)[C@@H](C(=O)NC[C@H]2CCCO2)c2ccc(F)cc2)c1. The second-order valence-electron chi connectivity index (χ2n) is 9.90. The van der Waals surface area contributed by atoms with Gasteiger partial charge in [-0.25, -0.2) is 9.07 Å². The van der Waals surface area contributed by atoms with Gasteiger partial charge in [0, 0.05) is 19.7 Å². The number of hydrogen-bond donors (Lipinski definition) is 1. The van der Waals surface area contributed by atoms with Gasteiger partial charge in [-0.05, 0) is 61.6 Å². The summed E-state index contributed by atoms with van der Waals surface area (Å²) in [6, 6.07) is 20.3. The number of aromatic nitrogens is 3. The van der Waals surface area contributed by atoms with Crippen molar-refractivity contribution in [3.05, 3.63) is 95.3 Å². The smallest absolute Gasteiger partial charge is 0.247 e. The zero-order valence-corrected chi connectivity index (χ0v) is 21.9. The molecule has 3 aromatic carbocycles. The van der Waals surface area contributed by atoms with E-state index in [1.54, 1.807) is 21.7 Å². The van der Waals surface area contributed by atoms with Crippen LogP contribution < -0.4 is 5.32 Å². The van der Waals surface area contributed by atoms with Gasteiger partial charge in [-0.15, -0.1) is 5.10 Å². The highest BCUT2D eigenvalue weighted by Crippen LogP contribution is 2.24. The Labute approximate surface area is 226 Å². The van der Waals surface area contributed by atoms with Crippen LogP contribution in [0, 0.1) is 12.7 Å². The minimum Gasteiger partial charge on any atom is -0.376 e. The summed E-state index contributed by atoms with van der Waals surface area (Å²) >= 11 is 0. The lowest BCUT2D eigenvalue weighted by Crippen LogP contribution is -2.47. The van der Waals surface area contributed by atoms with E-state index in [2.05, 4.69) is 21.7 Å². The van der Waals surface area contributed by atoms with Crippen LogP contribution in [0.4, 0.5) is 4.39 Å². The van der Waals surface area contributed by atoms with Crippen LogP contribution in [0.2, 0.25) is 0 Å². The lowest BCUT2D eigenvalue weighted by atomic mass is 10.0. The van der Waals surface area contributed by atoms with E-state index in [0.717, 1.165) is 29.5 Å². The van der Waals surface area contributed by atoms with Crippen molar-refractivity contribution in [3.63, 3.8) is 0 Å². The third-order valence-electron chi connectivity index (χ3n) is 7.02. The monoisotopic (exact) mass is 529 g/mol. The number of halogens is 1. The lowest BCUT2D eigenvalue weighted by Gasteiger charge is -2.32. The number of rotatable bonds is 10. The lowest BCUT2D eigenvalue weighted by molar-refractivity contribution is -0.141. The summed E-state index contributed by atoms with van der Waals surface area (Å²) in [4.78, 5) is 29.2. The first-order chi connectivity index (χ1) is 19.0. The summed E-state index contributed by atoms with van der Waals surface area (Å²) < 4.78 is 21.1. The summed E-state index contributed by atoms with van der Waals surface area (Å²) in [5.74, 6) is -1.04. The first-order valence-corrected chi connectivity index (χ1v) is 13.3. The molecule has 0 bridgehead atoms. The van der Waals surface area contributed by atoms with Crippen molar-refractivity contribution in [1.29, 1.82) is 0 Å². The number of nitrogens with one attached hydrogen (secondary N) is 1. The van der Waals surface area contributed by atoms with Crippen molar-refractivity contribution in [1.82, 2.24) is 25.2 Å². The summed E-state index contributed by atoms with van der Waals surface area (Å²) in [5.41, 5.74) is 4.11. The van der Waals surface area contributed by atoms with E-state index in [-0.39, 0.29) is 31.0 Å². The number of aryl methyl sites for hydroxylation is 1. The molecule has 1 N–H and O–H groups in total. The molecular formula is C30H32FN5O3. The molecule has 4 aromatic rings. The van der Waals surface area contributed by atoms with Crippen LogP contribution in [-0.2, 0) is 27.3 Å². The number of hydrogen-bond acceptors (Lipinski definition) is 5. The number of benzene rings is 3. The second kappa shape index (κ2) is 12.2. The predicted octanol–water partition coefficient (Wildman–Crippen LogP) is 3.99. The quantitative estimate of drug-likeness (QED) is 0.336. The summed E-state index contributed by atoms with van der Waals surface area (Å²) in [6.45, 7) is 3.23. The van der Waals surface area contributed by atoms with Gasteiger partial charge in [0.05, 0.1) is 11.6 Å². The molecule has 39 heavy (non-hydrogen) atoms. The first-order valence-electron chi connectivity index (χ1n) is 13.3. The molecule has 2 amide bonds. The van der Waals surface area contributed by atoms with E-state index in [1.165, 1.54) is 12.1 Å². The molecule has 202 valence electrons. The molecule has 1 aromatic heterocycles. The van der Waals surface area contributed by atoms with Crippen LogP contribution >= 0.6 is 0 Å². The van der Waals surface area contributed by atoms with E-state index in [1.807, 2.05) is 49.4 Å². The van der Waals surface area contributed by atoms with Crippen molar-refractivity contribution >= 4 is 22.8 Å². The van der Waals surface area contributed by atoms with E-state index in [0.29, 0.717) is 30.7 Å². The van der Waals surface area contributed by atoms with Crippen LogP contribution in [-0.4, -0.2) is 57.5 Å². The average Bonchev–Trinajstić information content (AvgIpc) is 3.61. The Balaban J connectivity index is 1.46. The van der Waals surface area contributed by atoms with Crippen molar-refractivity contribution < 1.29 is 18.7 Å². The fourth-order valence-electron chi connectivity index (χ4n) is 5.00. The van der Waals surface area contributed by atoms with Gasteiger partial charge in [0.25, 0.3) is 0 Å². The summed E-state index contributed by atoms with van der Waals surface area (Å²) in [6.07, 6.45) is 2.31. The van der Waals surface area contributed by atoms with E-state index in [4.69, 9.17) is 4.74 Å². The Hall–Kier alpha value is -4.11. The van der Waals surface area contributed by atoms with E-state index >= 15 is 0 Å². The molecule has 1 saturated heterocycles. The van der Waals surface area contributed by atoms with Gasteiger partial charge < -0.3 is 15.0 Å². The zero-order valence-electron chi connectivity index (χ0n) is 21.9. The van der Waals surface area contributed by atoms with Crippen molar-refractivity contribution in [2.75, 3.05) is 19.7 Å². The predicted molar refractivity (Wildman–Crippen MR) is 145 cm³/mol. The average molecular weight is 530 g/mol. The Kier molecular flexibility index (Phi) is 8.27. The Morgan fingerprint density at radius 1 is 1.13 bits per heavy atom. The van der Waals surface area contributed by atoms with Crippen molar-refractivity contribution in [3.8, 4) is 0 Å². The molecule has 0 saturated carbocycles. The number of amides is 2.